The number of nitrogens with zero attached hydrogens (tertiary/aromatic N) is 3. The van der Waals surface area contributed by atoms with Gasteiger partial charge in [0.25, 0.3) is 0 Å². The maximum absolute atomic E-state index is 11.5. The summed E-state index contributed by atoms with van der Waals surface area (Å²) in [5.41, 5.74) is 0.166. The van der Waals surface area contributed by atoms with E-state index in [1.54, 1.807) is 12.1 Å². The molecule has 0 saturated carbocycles. The number of anilines is 1. The van der Waals surface area contributed by atoms with Crippen LogP contribution in [0.25, 0.3) is 0 Å². The summed E-state index contributed by atoms with van der Waals surface area (Å²) in [4.78, 5) is 16.5. The lowest BCUT2D eigenvalue weighted by Gasteiger charge is -2.27. The van der Waals surface area contributed by atoms with Crippen molar-refractivity contribution in [1.29, 1.82) is 5.26 Å². The standard InChI is InChI=1S/C12H13N3O4S/c13-6-9-2-1-3-11(14-9)15(7-12(16)17)10-4-5-20(18,19)8-10/h1-3,10H,4-5,7-8H2,(H,16,17). The lowest BCUT2D eigenvalue weighted by atomic mass is 10.2. The van der Waals surface area contributed by atoms with E-state index in [1.165, 1.54) is 11.0 Å². The molecule has 1 N–H and O–H groups in total. The van der Waals surface area contributed by atoms with Gasteiger partial charge in [0.05, 0.1) is 11.5 Å². The van der Waals surface area contributed by atoms with Crippen molar-refractivity contribution in [3.63, 3.8) is 0 Å². The van der Waals surface area contributed by atoms with E-state index in [1.807, 2.05) is 6.07 Å². The minimum absolute atomic E-state index is 0.0473. The maximum atomic E-state index is 11.5. The topological polar surface area (TPSA) is 111 Å². The molecule has 8 heteroatoms. The SMILES string of the molecule is N#Cc1cccc(N(CC(=O)O)C2CCS(=O)(=O)C2)n1. The molecule has 1 aliphatic rings. The van der Waals surface area contributed by atoms with Crippen LogP contribution in [0.5, 0.6) is 0 Å². The number of pyridine rings is 1. The molecule has 1 aliphatic heterocycles. The molecule has 1 unspecified atom stereocenters. The molecule has 1 atom stereocenters. The smallest absolute Gasteiger partial charge is 0.323 e. The van der Waals surface area contributed by atoms with Crippen LogP contribution in [0, 0.1) is 11.3 Å². The fourth-order valence-corrected chi connectivity index (χ4v) is 3.94. The van der Waals surface area contributed by atoms with Gasteiger partial charge in [0.1, 0.15) is 24.1 Å². The van der Waals surface area contributed by atoms with Crippen molar-refractivity contribution in [2.75, 3.05) is 23.0 Å². The van der Waals surface area contributed by atoms with E-state index in [-0.39, 0.29) is 23.7 Å². The summed E-state index contributed by atoms with van der Waals surface area (Å²) in [5, 5.41) is 17.8. The molecule has 0 amide bonds. The van der Waals surface area contributed by atoms with Crippen molar-refractivity contribution in [2.24, 2.45) is 0 Å². The van der Waals surface area contributed by atoms with Crippen molar-refractivity contribution in [2.45, 2.75) is 12.5 Å². The van der Waals surface area contributed by atoms with E-state index in [9.17, 15) is 13.2 Å². The highest BCUT2D eigenvalue weighted by atomic mass is 32.2. The number of rotatable bonds is 4. The Kier molecular flexibility index (Phi) is 3.90. The van der Waals surface area contributed by atoms with Gasteiger partial charge in [0.15, 0.2) is 9.84 Å². The third-order valence-electron chi connectivity index (χ3n) is 3.10. The molecular formula is C12H13N3O4S. The lowest BCUT2D eigenvalue weighted by Crippen LogP contribution is -2.40. The molecule has 7 nitrogen and oxygen atoms in total. The van der Waals surface area contributed by atoms with Crippen LogP contribution in [0.1, 0.15) is 12.1 Å². The van der Waals surface area contributed by atoms with Gasteiger partial charge < -0.3 is 10.0 Å². The average Bonchev–Trinajstić information content (AvgIpc) is 2.76. The highest BCUT2D eigenvalue weighted by molar-refractivity contribution is 7.91. The highest BCUT2D eigenvalue weighted by Crippen LogP contribution is 2.23. The molecule has 0 aromatic carbocycles. The van der Waals surface area contributed by atoms with Gasteiger partial charge in [0, 0.05) is 6.04 Å². The minimum Gasteiger partial charge on any atom is -0.480 e. The Morgan fingerprint density at radius 1 is 1.55 bits per heavy atom. The number of sulfone groups is 1. The van der Waals surface area contributed by atoms with Crippen LogP contribution in [0.2, 0.25) is 0 Å². The van der Waals surface area contributed by atoms with Gasteiger partial charge >= 0.3 is 5.97 Å². The third kappa shape index (κ3) is 3.24. The second kappa shape index (κ2) is 5.46. The molecule has 1 fully saturated rings. The first-order valence-corrected chi connectivity index (χ1v) is 7.79. The molecule has 1 saturated heterocycles. The zero-order valence-corrected chi connectivity index (χ0v) is 11.4. The molecule has 1 aromatic rings. The van der Waals surface area contributed by atoms with E-state index in [0.29, 0.717) is 12.2 Å². The lowest BCUT2D eigenvalue weighted by molar-refractivity contribution is -0.135. The van der Waals surface area contributed by atoms with Crippen LogP contribution >= 0.6 is 0 Å². The summed E-state index contributed by atoms with van der Waals surface area (Å²) >= 11 is 0. The van der Waals surface area contributed by atoms with E-state index in [2.05, 4.69) is 4.98 Å². The molecule has 2 heterocycles. The molecule has 20 heavy (non-hydrogen) atoms. The number of carboxylic acids is 1. The summed E-state index contributed by atoms with van der Waals surface area (Å²) in [7, 11) is -3.13. The normalized spacial score (nSPS) is 20.2. The second-order valence-corrected chi connectivity index (χ2v) is 6.80. The molecule has 0 radical (unpaired) electrons. The monoisotopic (exact) mass is 295 g/mol. The summed E-state index contributed by atoms with van der Waals surface area (Å²) in [5.74, 6) is -0.795. The van der Waals surface area contributed by atoms with E-state index in [0.717, 1.165) is 0 Å². The fraction of sp³-hybridized carbons (Fsp3) is 0.417. The molecular weight excluding hydrogens is 282 g/mol. The second-order valence-electron chi connectivity index (χ2n) is 4.57. The Morgan fingerprint density at radius 2 is 2.30 bits per heavy atom. The van der Waals surface area contributed by atoms with E-state index in [4.69, 9.17) is 10.4 Å². The van der Waals surface area contributed by atoms with Crippen molar-refractivity contribution in [1.82, 2.24) is 4.98 Å². The Hall–Kier alpha value is -2.14. The molecule has 1 aromatic heterocycles. The van der Waals surface area contributed by atoms with Crippen LogP contribution < -0.4 is 4.90 Å². The molecule has 0 spiro atoms. The molecule has 0 aliphatic carbocycles. The first-order chi connectivity index (χ1) is 9.41. The average molecular weight is 295 g/mol. The summed E-state index contributed by atoms with van der Waals surface area (Å²) in [6, 6.07) is 6.14. The maximum Gasteiger partial charge on any atom is 0.323 e. The number of carbonyl (C=O) groups is 1. The van der Waals surface area contributed by atoms with Crippen molar-refractivity contribution < 1.29 is 18.3 Å². The number of carboxylic acid groups (broad SMARTS) is 1. The van der Waals surface area contributed by atoms with Gasteiger partial charge in [-0.3, -0.25) is 4.79 Å². The zero-order chi connectivity index (χ0) is 14.8. The predicted molar refractivity (Wildman–Crippen MR) is 71.0 cm³/mol. The molecule has 106 valence electrons. The van der Waals surface area contributed by atoms with Gasteiger partial charge in [-0.2, -0.15) is 5.26 Å². The van der Waals surface area contributed by atoms with Gasteiger partial charge in [-0.1, -0.05) is 6.07 Å². The summed E-state index contributed by atoms with van der Waals surface area (Å²) < 4.78 is 23.1. The largest absolute Gasteiger partial charge is 0.480 e. The van der Waals surface area contributed by atoms with E-state index < -0.39 is 21.8 Å². The number of aromatic nitrogens is 1. The molecule has 0 bridgehead atoms. The van der Waals surface area contributed by atoms with Gasteiger partial charge in [-0.25, -0.2) is 13.4 Å². The van der Waals surface area contributed by atoms with Crippen LogP contribution in [-0.4, -0.2) is 48.6 Å². The number of hydrogen-bond donors (Lipinski definition) is 1. The van der Waals surface area contributed by atoms with Crippen LogP contribution in [-0.2, 0) is 14.6 Å². The summed E-state index contributed by atoms with van der Waals surface area (Å²) in [6.07, 6.45) is 0.369. The fourth-order valence-electron chi connectivity index (χ4n) is 2.21. The minimum atomic E-state index is -3.13. The van der Waals surface area contributed by atoms with Crippen LogP contribution in [0.3, 0.4) is 0 Å². The Labute approximate surface area is 116 Å². The van der Waals surface area contributed by atoms with E-state index >= 15 is 0 Å². The quantitative estimate of drug-likeness (QED) is 0.834. The third-order valence-corrected chi connectivity index (χ3v) is 4.85. The van der Waals surface area contributed by atoms with Crippen molar-refractivity contribution in [3.8, 4) is 6.07 Å². The number of aliphatic carboxylic acids is 1. The first kappa shape index (κ1) is 14.3. The summed E-state index contributed by atoms with van der Waals surface area (Å²) in [6.45, 7) is -0.345. The number of nitriles is 1. The van der Waals surface area contributed by atoms with Crippen LogP contribution in [0.15, 0.2) is 18.2 Å². The van der Waals surface area contributed by atoms with Gasteiger partial charge in [-0.05, 0) is 18.6 Å². The Morgan fingerprint density at radius 3 is 2.85 bits per heavy atom. The Bertz CT molecular complexity index is 666. The molecule has 2 rings (SSSR count). The van der Waals surface area contributed by atoms with Gasteiger partial charge in [0.2, 0.25) is 0 Å². The van der Waals surface area contributed by atoms with Gasteiger partial charge in [-0.15, -0.1) is 0 Å². The van der Waals surface area contributed by atoms with Crippen molar-refractivity contribution >= 4 is 21.6 Å². The first-order valence-electron chi connectivity index (χ1n) is 5.97. The van der Waals surface area contributed by atoms with Crippen LogP contribution in [0.4, 0.5) is 5.82 Å². The number of hydrogen-bond acceptors (Lipinski definition) is 6. The zero-order valence-electron chi connectivity index (χ0n) is 10.6. The predicted octanol–water partition coefficient (Wildman–Crippen LogP) is 0.0314. The highest BCUT2D eigenvalue weighted by Gasteiger charge is 2.33. The Balaban J connectivity index is 2.32. The van der Waals surface area contributed by atoms with Crippen molar-refractivity contribution in [3.05, 3.63) is 23.9 Å².